The number of hydrogen-bond acceptors (Lipinski definition) is 4. The first-order chi connectivity index (χ1) is 14.5. The minimum absolute atomic E-state index is 0.500. The van der Waals surface area contributed by atoms with Crippen LogP contribution in [0.3, 0.4) is 0 Å². The lowest BCUT2D eigenvalue weighted by Gasteiger charge is -2.27. The third-order valence-corrected chi connectivity index (χ3v) is 5.65. The molecule has 1 aliphatic rings. The van der Waals surface area contributed by atoms with Crippen molar-refractivity contribution in [2.45, 2.75) is 6.29 Å². The molecule has 150 valence electrons. The van der Waals surface area contributed by atoms with Gasteiger partial charge in [-0.3, -0.25) is 4.90 Å². The average Bonchev–Trinajstić information content (AvgIpc) is 2.74. The lowest BCUT2D eigenvalue weighted by molar-refractivity contribution is 0.705. The average molecular weight is 476 g/mol. The number of benzene rings is 2. The third-order valence-electron chi connectivity index (χ3n) is 4.37. The molecule has 1 atom stereocenters. The Kier molecular flexibility index (Phi) is 6.40. The Labute approximate surface area is 194 Å². The second-order valence-corrected chi connectivity index (χ2v) is 7.91. The van der Waals surface area contributed by atoms with Crippen LogP contribution in [-0.2, 0) is 0 Å². The Bertz CT molecular complexity index is 1120. The fourth-order valence-electron chi connectivity index (χ4n) is 2.93. The lowest BCUT2D eigenvalue weighted by Crippen LogP contribution is -2.32. The molecule has 1 aliphatic heterocycles. The van der Waals surface area contributed by atoms with Crippen molar-refractivity contribution in [1.29, 1.82) is 0 Å². The van der Waals surface area contributed by atoms with E-state index in [-0.39, 0.29) is 0 Å². The predicted molar refractivity (Wildman–Crippen MR) is 127 cm³/mol. The highest BCUT2D eigenvalue weighted by molar-refractivity contribution is 6.41. The van der Waals surface area contributed by atoms with Crippen LogP contribution in [0.5, 0.6) is 0 Å². The Morgan fingerprint density at radius 1 is 0.833 bits per heavy atom. The monoisotopic (exact) mass is 474 g/mol. The predicted octanol–water partition coefficient (Wildman–Crippen LogP) is 6.92. The number of halogens is 4. The van der Waals surface area contributed by atoms with E-state index in [1.165, 1.54) is 0 Å². The van der Waals surface area contributed by atoms with E-state index in [0.717, 1.165) is 0 Å². The highest BCUT2D eigenvalue weighted by Gasteiger charge is 2.23. The van der Waals surface area contributed by atoms with E-state index in [0.29, 0.717) is 42.7 Å². The topological polar surface area (TPSA) is 40.9 Å². The van der Waals surface area contributed by atoms with E-state index in [1.807, 2.05) is 35.4 Å². The molecule has 0 bridgehead atoms. The fourth-order valence-corrected chi connectivity index (χ4v) is 4.02. The van der Waals surface area contributed by atoms with E-state index in [4.69, 9.17) is 51.4 Å². The van der Waals surface area contributed by atoms with Gasteiger partial charge in [-0.2, -0.15) is 0 Å². The van der Waals surface area contributed by atoms with Gasteiger partial charge in [0.05, 0.1) is 25.8 Å². The molecule has 8 heteroatoms. The zero-order valence-corrected chi connectivity index (χ0v) is 18.4. The van der Waals surface area contributed by atoms with Gasteiger partial charge < -0.3 is 0 Å². The second kappa shape index (κ2) is 9.19. The normalized spacial score (nSPS) is 16.2. The summed E-state index contributed by atoms with van der Waals surface area (Å²) in [5, 5.41) is 2.02. The lowest BCUT2D eigenvalue weighted by atomic mass is 10.1. The zero-order valence-electron chi connectivity index (χ0n) is 15.4. The first-order valence-electron chi connectivity index (χ1n) is 8.91. The molecule has 0 spiro atoms. The van der Waals surface area contributed by atoms with Crippen LogP contribution in [0.1, 0.15) is 11.1 Å². The summed E-state index contributed by atoms with van der Waals surface area (Å²) in [7, 11) is 0. The van der Waals surface area contributed by atoms with Crippen LogP contribution in [0.15, 0.2) is 83.1 Å². The van der Waals surface area contributed by atoms with Gasteiger partial charge in [0, 0.05) is 29.7 Å². The van der Waals surface area contributed by atoms with Gasteiger partial charge in [0.25, 0.3) is 0 Å². The molecule has 30 heavy (non-hydrogen) atoms. The number of pyridine rings is 1. The molecule has 1 aromatic heterocycles. The van der Waals surface area contributed by atoms with Crippen molar-refractivity contribution < 1.29 is 0 Å². The highest BCUT2D eigenvalue weighted by Crippen LogP contribution is 2.29. The number of nitrogens with zero attached hydrogens (tertiary/aromatic N) is 4. The number of hydrogen-bond donors (Lipinski definition) is 0. The summed E-state index contributed by atoms with van der Waals surface area (Å²) in [6.07, 6.45) is 6.34. The Hall–Kier alpha value is -2.37. The summed E-state index contributed by atoms with van der Waals surface area (Å²) in [6.45, 7) is 0. The first kappa shape index (κ1) is 20.9. The van der Waals surface area contributed by atoms with E-state index in [2.05, 4.69) is 9.98 Å². The van der Waals surface area contributed by atoms with E-state index in [1.54, 1.807) is 48.8 Å². The summed E-state index contributed by atoms with van der Waals surface area (Å²) in [4.78, 5) is 15.6. The molecule has 0 fully saturated rings. The quantitative estimate of drug-likeness (QED) is 0.384. The fraction of sp³-hybridized carbons (Fsp3) is 0.0455. The van der Waals surface area contributed by atoms with Gasteiger partial charge in [-0.15, -0.1) is 0 Å². The maximum atomic E-state index is 6.38. The molecule has 0 saturated carbocycles. The third kappa shape index (κ3) is 4.37. The van der Waals surface area contributed by atoms with Gasteiger partial charge in [0.2, 0.25) is 6.29 Å². The maximum absolute atomic E-state index is 6.38. The van der Waals surface area contributed by atoms with Crippen molar-refractivity contribution in [3.63, 3.8) is 0 Å². The van der Waals surface area contributed by atoms with E-state index >= 15 is 0 Å². The molecule has 4 nitrogen and oxygen atoms in total. The summed E-state index contributed by atoms with van der Waals surface area (Å²) in [6, 6.07) is 16.2. The maximum Gasteiger partial charge on any atom is 0.221 e. The van der Waals surface area contributed by atoms with Gasteiger partial charge >= 0.3 is 0 Å². The minimum Gasteiger partial charge on any atom is -0.291 e. The van der Waals surface area contributed by atoms with E-state index in [9.17, 15) is 0 Å². The van der Waals surface area contributed by atoms with Gasteiger partial charge in [-0.05, 0) is 42.5 Å². The standard InChI is InChI=1S/C22H14Cl4N4/c23-15-5-3-6-16(24)14(15)13-28-22-29-19(21-17(25)7-4-8-18(21)26)10-12-30(22)20-9-1-2-11-27-20/h1-13,22H. The van der Waals surface area contributed by atoms with Crippen LogP contribution in [0.4, 0.5) is 5.82 Å². The number of aliphatic imine (C=N–C) groups is 2. The van der Waals surface area contributed by atoms with Crippen molar-refractivity contribution in [2.24, 2.45) is 9.98 Å². The molecule has 0 N–H and O–H groups in total. The summed E-state index contributed by atoms with van der Waals surface area (Å²) in [5.41, 5.74) is 1.88. The molecule has 2 aromatic carbocycles. The molecule has 3 aromatic rings. The SMILES string of the molecule is Clc1cccc(Cl)c1C=NC1N=C(c2c(Cl)cccc2Cl)C=CN1c1ccccn1. The molecular formula is C22H14Cl4N4. The van der Waals surface area contributed by atoms with Gasteiger partial charge in [-0.25, -0.2) is 15.0 Å². The number of allylic oxidation sites excluding steroid dienone is 1. The van der Waals surface area contributed by atoms with Crippen LogP contribution in [0.25, 0.3) is 0 Å². The van der Waals surface area contributed by atoms with E-state index < -0.39 is 6.29 Å². The van der Waals surface area contributed by atoms with Crippen LogP contribution >= 0.6 is 46.4 Å². The smallest absolute Gasteiger partial charge is 0.221 e. The molecular weight excluding hydrogens is 462 g/mol. The molecule has 4 rings (SSSR count). The number of rotatable bonds is 4. The van der Waals surface area contributed by atoms with Gasteiger partial charge in [0.15, 0.2) is 0 Å². The summed E-state index contributed by atoms with van der Waals surface area (Å²) in [5.74, 6) is 0.689. The summed E-state index contributed by atoms with van der Waals surface area (Å²) < 4.78 is 0. The van der Waals surface area contributed by atoms with Crippen molar-refractivity contribution in [3.8, 4) is 0 Å². The molecule has 0 saturated heterocycles. The van der Waals surface area contributed by atoms with Gasteiger partial charge in [-0.1, -0.05) is 64.6 Å². The second-order valence-electron chi connectivity index (χ2n) is 6.28. The number of aromatic nitrogens is 1. The highest BCUT2D eigenvalue weighted by atomic mass is 35.5. The van der Waals surface area contributed by atoms with Crippen LogP contribution in [-0.4, -0.2) is 23.2 Å². The first-order valence-corrected chi connectivity index (χ1v) is 10.4. The van der Waals surface area contributed by atoms with Crippen LogP contribution in [0, 0.1) is 0 Å². The number of anilines is 1. The van der Waals surface area contributed by atoms with Crippen LogP contribution in [0.2, 0.25) is 20.1 Å². The van der Waals surface area contributed by atoms with Crippen molar-refractivity contribution in [3.05, 3.63) is 104 Å². The van der Waals surface area contributed by atoms with Crippen molar-refractivity contribution in [1.82, 2.24) is 4.98 Å². The zero-order chi connectivity index (χ0) is 21.1. The molecule has 1 unspecified atom stereocenters. The Balaban J connectivity index is 1.77. The molecule has 0 aliphatic carbocycles. The Morgan fingerprint density at radius 3 is 2.13 bits per heavy atom. The van der Waals surface area contributed by atoms with Gasteiger partial charge in [0.1, 0.15) is 5.82 Å². The van der Waals surface area contributed by atoms with Crippen molar-refractivity contribution >= 4 is 64.1 Å². The van der Waals surface area contributed by atoms with Crippen LogP contribution < -0.4 is 4.90 Å². The summed E-state index contributed by atoms with van der Waals surface area (Å²) >= 11 is 25.3. The molecule has 0 amide bonds. The Morgan fingerprint density at radius 2 is 1.50 bits per heavy atom. The van der Waals surface area contributed by atoms with Crippen molar-refractivity contribution in [2.75, 3.05) is 4.90 Å². The largest absolute Gasteiger partial charge is 0.291 e. The minimum atomic E-state index is -0.653. The molecule has 2 heterocycles. The molecule has 0 radical (unpaired) electrons.